The molecular formula is C54H39N3O4S2. The number of aliphatic carboxylic acids is 2. The lowest BCUT2D eigenvalue weighted by Gasteiger charge is -2.22. The van der Waals surface area contributed by atoms with E-state index in [1.807, 2.05) is 54.6 Å². The van der Waals surface area contributed by atoms with Crippen molar-refractivity contribution in [2.24, 2.45) is 0 Å². The van der Waals surface area contributed by atoms with Crippen molar-refractivity contribution in [3.63, 3.8) is 0 Å². The summed E-state index contributed by atoms with van der Waals surface area (Å²) in [6, 6.07) is 52.2. The molecule has 0 amide bonds. The van der Waals surface area contributed by atoms with Crippen LogP contribution < -0.4 is 4.90 Å². The zero-order chi connectivity index (χ0) is 44.3. The van der Waals surface area contributed by atoms with Gasteiger partial charge in [-0.25, -0.2) is 9.59 Å². The number of hydrogen-bond acceptors (Lipinski definition) is 7. The van der Waals surface area contributed by atoms with Gasteiger partial charge in [0.05, 0.1) is 0 Å². The van der Waals surface area contributed by atoms with Gasteiger partial charge in [0, 0.05) is 15.4 Å². The molecule has 2 aromatic heterocycles. The Morgan fingerprint density at radius 1 is 0.508 bits per heavy atom. The van der Waals surface area contributed by atoms with Crippen molar-refractivity contribution in [3.05, 3.63) is 217 Å². The fourth-order valence-corrected chi connectivity index (χ4v) is 8.54. The number of carboxylic acid groups (broad SMARTS) is 2. The van der Waals surface area contributed by atoms with Crippen LogP contribution in [0.15, 0.2) is 157 Å². The van der Waals surface area contributed by atoms with Crippen LogP contribution in [0.5, 0.6) is 0 Å². The summed E-state index contributed by atoms with van der Waals surface area (Å²) in [5.41, 5.74) is 10.5. The van der Waals surface area contributed by atoms with Crippen molar-refractivity contribution in [3.8, 4) is 12.1 Å². The molecule has 0 aliphatic heterocycles. The van der Waals surface area contributed by atoms with Crippen LogP contribution in [0.25, 0.3) is 48.1 Å². The Balaban J connectivity index is 1.19. The summed E-state index contributed by atoms with van der Waals surface area (Å²) in [4.78, 5) is 26.9. The van der Waals surface area contributed by atoms with Gasteiger partial charge in [-0.3, -0.25) is 4.90 Å². The van der Waals surface area contributed by atoms with E-state index in [9.17, 15) is 19.8 Å². The number of carbonyl (C=O) groups is 2. The number of rotatable bonds is 14. The molecule has 0 aliphatic rings. The van der Waals surface area contributed by atoms with Crippen molar-refractivity contribution < 1.29 is 19.8 Å². The molecule has 0 bridgehead atoms. The number of nitrogens with zero attached hydrogens (tertiary/aromatic N) is 3. The first-order chi connectivity index (χ1) is 30.6. The van der Waals surface area contributed by atoms with Gasteiger partial charge in [-0.15, -0.1) is 22.7 Å². The third-order valence-electron chi connectivity index (χ3n) is 10.1. The first kappa shape index (κ1) is 43.0. The Labute approximate surface area is 374 Å². The van der Waals surface area contributed by atoms with Crippen molar-refractivity contribution in [2.45, 2.75) is 13.8 Å². The molecule has 0 radical (unpaired) electrons. The molecule has 0 fully saturated rings. The van der Waals surface area contributed by atoms with Gasteiger partial charge >= 0.3 is 11.9 Å². The Bertz CT molecular complexity index is 2890. The fraction of sp³-hybridized carbons (Fsp3) is 0.0370. The summed E-state index contributed by atoms with van der Waals surface area (Å²) in [7, 11) is 0. The van der Waals surface area contributed by atoms with Crippen LogP contribution >= 0.6 is 22.7 Å². The van der Waals surface area contributed by atoms with Gasteiger partial charge in [0.15, 0.2) is 0 Å². The van der Waals surface area contributed by atoms with E-state index in [2.05, 4.69) is 116 Å². The molecule has 0 aliphatic carbocycles. The summed E-state index contributed by atoms with van der Waals surface area (Å²) < 4.78 is 0. The molecule has 2 heterocycles. The minimum absolute atomic E-state index is 0.321. The largest absolute Gasteiger partial charge is 0.477 e. The Morgan fingerprint density at radius 3 is 1.43 bits per heavy atom. The van der Waals surface area contributed by atoms with Gasteiger partial charge in [0.2, 0.25) is 0 Å². The third kappa shape index (κ3) is 11.0. The normalized spacial score (nSPS) is 12.0. The van der Waals surface area contributed by atoms with Gasteiger partial charge in [0.1, 0.15) is 33.3 Å². The number of benzene rings is 5. The van der Waals surface area contributed by atoms with Crippen molar-refractivity contribution in [2.75, 3.05) is 4.90 Å². The summed E-state index contributed by atoms with van der Waals surface area (Å²) in [5, 5.41) is 38.7. The topological polar surface area (TPSA) is 125 Å². The highest BCUT2D eigenvalue weighted by Gasteiger charge is 2.17. The molecule has 7 nitrogen and oxygen atoms in total. The smallest absolute Gasteiger partial charge is 0.346 e. The van der Waals surface area contributed by atoms with Crippen LogP contribution in [0.4, 0.5) is 15.7 Å². The average Bonchev–Trinajstić information content (AvgIpc) is 3.98. The Morgan fingerprint density at radius 2 is 0.968 bits per heavy atom. The average molecular weight is 858 g/mol. The molecule has 306 valence electrons. The minimum atomic E-state index is -1.26. The second-order valence-corrected chi connectivity index (χ2v) is 16.6. The fourth-order valence-electron chi connectivity index (χ4n) is 6.59. The molecule has 9 heteroatoms. The molecule has 0 saturated heterocycles. The quantitative estimate of drug-likeness (QED) is 0.0634. The summed E-state index contributed by atoms with van der Waals surface area (Å²) >= 11 is 3.30. The molecule has 2 N–H and O–H groups in total. The van der Waals surface area contributed by atoms with Crippen LogP contribution in [-0.2, 0) is 9.59 Å². The zero-order valence-corrected chi connectivity index (χ0v) is 35.9. The second-order valence-electron chi connectivity index (χ2n) is 14.5. The number of carboxylic acids is 2. The molecular weight excluding hydrogens is 819 g/mol. The monoisotopic (exact) mass is 857 g/mol. The number of hydrogen-bond donors (Lipinski definition) is 2. The Kier molecular flexibility index (Phi) is 13.6. The summed E-state index contributed by atoms with van der Waals surface area (Å²) in [6.45, 7) is 4.27. The molecule has 5 aromatic carbocycles. The van der Waals surface area contributed by atoms with E-state index in [4.69, 9.17) is 10.5 Å². The van der Waals surface area contributed by atoms with Crippen LogP contribution in [0.1, 0.15) is 59.8 Å². The highest BCUT2D eigenvalue weighted by atomic mass is 32.1. The third-order valence-corrected chi connectivity index (χ3v) is 12.2. The van der Waals surface area contributed by atoms with Crippen LogP contribution in [0, 0.1) is 36.5 Å². The molecule has 0 spiro atoms. The number of anilines is 3. The standard InChI is InChI=1S/C54H39N3O4S2/c1-36-8-21-44(30-37(36)2)50(43-6-4-3-5-7-43)33-42-17-22-47(23-18-42)57(51-28-26-48(62-51)24-19-38-9-13-40(14-10-38)31-45(34-55)53(58)59)52-29-27-49(63-52)25-20-39-11-15-41(16-12-39)32-46(35-56)54(60)61/h3-33H,1-2H3,(H,58,59)(H,60,61)/b24-19+,25-20+,45-31+,46-32+,50-33+. The molecule has 63 heavy (non-hydrogen) atoms. The zero-order valence-electron chi connectivity index (χ0n) is 34.3. The van der Waals surface area contributed by atoms with Crippen molar-refractivity contribution in [1.82, 2.24) is 0 Å². The van der Waals surface area contributed by atoms with Gasteiger partial charge in [0.25, 0.3) is 0 Å². The van der Waals surface area contributed by atoms with E-state index in [1.54, 1.807) is 59.1 Å². The van der Waals surface area contributed by atoms with Gasteiger partial charge in [-0.1, -0.05) is 121 Å². The van der Waals surface area contributed by atoms with Crippen LogP contribution in [0.2, 0.25) is 0 Å². The number of aryl methyl sites for hydroxylation is 2. The first-order valence-corrected chi connectivity index (χ1v) is 21.4. The lowest BCUT2D eigenvalue weighted by atomic mass is 9.93. The van der Waals surface area contributed by atoms with E-state index >= 15 is 0 Å². The molecule has 7 rings (SSSR count). The van der Waals surface area contributed by atoms with E-state index in [1.165, 1.54) is 23.3 Å². The predicted molar refractivity (Wildman–Crippen MR) is 259 cm³/mol. The predicted octanol–water partition coefficient (Wildman–Crippen LogP) is 13.8. The lowest BCUT2D eigenvalue weighted by molar-refractivity contribution is -0.133. The SMILES string of the molecule is Cc1ccc(/C(=C/c2ccc(N(c3ccc(/C=C/c4ccc(/C=C(\C#N)C(=O)O)cc4)s3)c3ccc(/C=C/c4ccc(/C=C(\C#N)C(=O)O)cc4)s3)cc2)c2ccccc2)cc1C. The van der Waals surface area contributed by atoms with Gasteiger partial charge < -0.3 is 10.2 Å². The Hall–Kier alpha value is -8.08. The van der Waals surface area contributed by atoms with Crippen LogP contribution in [0.3, 0.4) is 0 Å². The lowest BCUT2D eigenvalue weighted by Crippen LogP contribution is -2.06. The maximum atomic E-state index is 11.3. The summed E-state index contributed by atoms with van der Waals surface area (Å²) in [6.07, 6.45) is 13.0. The van der Waals surface area contributed by atoms with Gasteiger partial charge in [-0.05, 0) is 136 Å². The van der Waals surface area contributed by atoms with Crippen molar-refractivity contribution in [1.29, 1.82) is 10.5 Å². The molecule has 0 atom stereocenters. The van der Waals surface area contributed by atoms with Crippen LogP contribution in [-0.4, -0.2) is 22.2 Å². The van der Waals surface area contributed by atoms with E-state index < -0.39 is 11.9 Å². The minimum Gasteiger partial charge on any atom is -0.477 e. The van der Waals surface area contributed by atoms with Gasteiger partial charge in [-0.2, -0.15) is 10.5 Å². The van der Waals surface area contributed by atoms with E-state index in [-0.39, 0.29) is 11.1 Å². The highest BCUT2D eigenvalue weighted by molar-refractivity contribution is 7.19. The van der Waals surface area contributed by atoms with E-state index in [0.717, 1.165) is 58.8 Å². The number of nitriles is 2. The maximum Gasteiger partial charge on any atom is 0.346 e. The molecule has 0 saturated carbocycles. The maximum absolute atomic E-state index is 11.3. The van der Waals surface area contributed by atoms with E-state index in [0.29, 0.717) is 11.1 Å². The number of thiophene rings is 2. The molecule has 0 unspecified atom stereocenters. The summed E-state index contributed by atoms with van der Waals surface area (Å²) in [5.74, 6) is -2.52. The first-order valence-electron chi connectivity index (χ1n) is 19.8. The highest BCUT2D eigenvalue weighted by Crippen LogP contribution is 2.43. The molecule has 7 aromatic rings. The second kappa shape index (κ2) is 20.0. The van der Waals surface area contributed by atoms with Crippen molar-refractivity contribution >= 4 is 98.4 Å².